The minimum Gasteiger partial charge on any atom is -0.507 e. The van der Waals surface area contributed by atoms with Gasteiger partial charge in [0.05, 0.1) is 23.3 Å². The lowest BCUT2D eigenvalue weighted by Gasteiger charge is -2.16. The van der Waals surface area contributed by atoms with Gasteiger partial charge in [0.1, 0.15) is 34.5 Å². The number of benzene rings is 3. The number of aromatic hydroxyl groups is 3. The molecule has 4 rings (SSSR count). The summed E-state index contributed by atoms with van der Waals surface area (Å²) >= 11 is 0. The molecule has 0 aliphatic heterocycles. The zero-order valence-corrected chi connectivity index (χ0v) is 30.9. The fourth-order valence-electron chi connectivity index (χ4n) is 5.06. The largest absolute Gasteiger partial charge is 0.507 e. The molecule has 0 saturated carbocycles. The van der Waals surface area contributed by atoms with E-state index in [1.54, 1.807) is 32.9 Å². The molecule has 0 saturated heterocycles. The van der Waals surface area contributed by atoms with E-state index in [4.69, 9.17) is 18.9 Å². The van der Waals surface area contributed by atoms with E-state index in [0.717, 1.165) is 32.1 Å². The topological polar surface area (TPSA) is 187 Å². The Morgan fingerprint density at radius 3 is 1.28 bits per heavy atom. The van der Waals surface area contributed by atoms with Crippen molar-refractivity contribution in [2.75, 3.05) is 6.61 Å². The monoisotopic (exact) mass is 729 g/mol. The molecule has 3 unspecified atom stereocenters. The molecule has 3 N–H and O–H groups in total. The second-order valence-electron chi connectivity index (χ2n) is 12.8. The molecule has 4 aromatic rings. The molecule has 0 aliphatic rings. The quantitative estimate of drug-likeness (QED) is 0.0642. The van der Waals surface area contributed by atoms with Gasteiger partial charge in [-0.25, -0.2) is 19.7 Å². The first-order valence-corrected chi connectivity index (χ1v) is 17.7. The van der Waals surface area contributed by atoms with Gasteiger partial charge in [-0.2, -0.15) is 0 Å². The van der Waals surface area contributed by atoms with Crippen LogP contribution < -0.4 is 14.2 Å². The SMILES string of the molecule is CCCCCCCCOC(=O)C(C)Oc1ccc(-c2nc(-c3ccc(OC(C)C(C)=O)cc3O)nc(-c3ccc(OC(C)C(C)=O)cc3O)n2)c(O)c1. The molecule has 0 aliphatic carbocycles. The average molecular weight is 730 g/mol. The third-order valence-corrected chi connectivity index (χ3v) is 8.42. The first kappa shape index (κ1) is 40.1. The third kappa shape index (κ3) is 11.1. The summed E-state index contributed by atoms with van der Waals surface area (Å²) in [7, 11) is 0. The summed E-state index contributed by atoms with van der Waals surface area (Å²) in [6.45, 7) is 9.99. The van der Waals surface area contributed by atoms with Gasteiger partial charge in [-0.3, -0.25) is 9.59 Å². The van der Waals surface area contributed by atoms with Crippen LogP contribution in [0.25, 0.3) is 34.2 Å². The van der Waals surface area contributed by atoms with Crippen LogP contribution in [0.5, 0.6) is 34.5 Å². The van der Waals surface area contributed by atoms with E-state index in [2.05, 4.69) is 21.9 Å². The second-order valence-corrected chi connectivity index (χ2v) is 12.8. The standard InChI is InChI=1S/C40H47N3O10/c1-7-8-9-10-11-12-19-50-40(49)27(6)53-30-15-18-33(36(48)22-30)39-42-37(31-16-13-28(20-34(31)46)51-25(4)23(2)44)41-38(43-39)32-17-14-29(21-35(32)47)52-26(5)24(3)45/h13-18,20-22,25-27,46-48H,7-12,19H2,1-6H3. The smallest absolute Gasteiger partial charge is 0.347 e. The molecule has 282 valence electrons. The molecule has 1 heterocycles. The number of phenols is 3. The second kappa shape index (κ2) is 18.7. The van der Waals surface area contributed by atoms with Gasteiger partial charge in [-0.05, 0) is 77.4 Å². The molecular weight excluding hydrogens is 682 g/mol. The average Bonchev–Trinajstić information content (AvgIpc) is 3.11. The summed E-state index contributed by atoms with van der Waals surface area (Å²) in [6.07, 6.45) is 3.97. The Morgan fingerprint density at radius 1 is 0.566 bits per heavy atom. The van der Waals surface area contributed by atoms with Gasteiger partial charge in [0.25, 0.3) is 0 Å². The Morgan fingerprint density at radius 2 is 0.925 bits per heavy atom. The van der Waals surface area contributed by atoms with Gasteiger partial charge in [-0.15, -0.1) is 0 Å². The highest BCUT2D eigenvalue weighted by atomic mass is 16.6. The van der Waals surface area contributed by atoms with Crippen LogP contribution in [0.15, 0.2) is 54.6 Å². The number of unbranched alkanes of at least 4 members (excludes halogenated alkanes) is 5. The molecule has 1 aromatic heterocycles. The van der Waals surface area contributed by atoms with Gasteiger partial charge in [0.2, 0.25) is 0 Å². The Hall–Kier alpha value is -5.72. The fraction of sp³-hybridized carbons (Fsp3) is 0.400. The van der Waals surface area contributed by atoms with Crippen molar-refractivity contribution in [2.45, 2.75) is 98.4 Å². The molecule has 13 heteroatoms. The molecule has 13 nitrogen and oxygen atoms in total. The summed E-state index contributed by atoms with van der Waals surface area (Å²) in [6, 6.07) is 13.1. The van der Waals surface area contributed by atoms with Gasteiger partial charge in [0.15, 0.2) is 47.4 Å². The van der Waals surface area contributed by atoms with E-state index in [-0.39, 0.29) is 80.2 Å². The first-order valence-electron chi connectivity index (χ1n) is 17.7. The Bertz CT molecular complexity index is 1820. The highest BCUT2D eigenvalue weighted by Crippen LogP contribution is 2.38. The van der Waals surface area contributed by atoms with Gasteiger partial charge >= 0.3 is 5.97 Å². The molecule has 0 fully saturated rings. The minimum absolute atomic E-state index is 0.0138. The predicted octanol–water partition coefficient (Wildman–Crippen LogP) is 7.37. The Kier molecular flexibility index (Phi) is 14.1. The van der Waals surface area contributed by atoms with Crippen molar-refractivity contribution >= 4 is 17.5 Å². The summed E-state index contributed by atoms with van der Waals surface area (Å²) in [4.78, 5) is 49.5. The first-order chi connectivity index (χ1) is 25.3. The summed E-state index contributed by atoms with van der Waals surface area (Å²) in [5.74, 6) is -1.08. The third-order valence-electron chi connectivity index (χ3n) is 8.42. The van der Waals surface area contributed by atoms with Crippen LogP contribution in [-0.4, -0.2) is 72.7 Å². The maximum absolute atomic E-state index is 12.5. The van der Waals surface area contributed by atoms with Gasteiger partial charge in [-0.1, -0.05) is 39.0 Å². The van der Waals surface area contributed by atoms with Crippen molar-refractivity contribution in [3.63, 3.8) is 0 Å². The van der Waals surface area contributed by atoms with E-state index in [1.165, 1.54) is 62.7 Å². The lowest BCUT2D eigenvalue weighted by molar-refractivity contribution is -0.151. The molecular formula is C40H47N3O10. The fourth-order valence-corrected chi connectivity index (χ4v) is 5.06. The molecule has 53 heavy (non-hydrogen) atoms. The molecule has 0 amide bonds. The van der Waals surface area contributed by atoms with Crippen LogP contribution in [0, 0.1) is 0 Å². The van der Waals surface area contributed by atoms with E-state index in [1.807, 2.05) is 0 Å². The maximum atomic E-state index is 12.5. The van der Waals surface area contributed by atoms with Gasteiger partial charge in [0, 0.05) is 18.2 Å². The van der Waals surface area contributed by atoms with Crippen molar-refractivity contribution < 1.29 is 48.7 Å². The van der Waals surface area contributed by atoms with Crippen LogP contribution >= 0.6 is 0 Å². The number of phenolic OH excluding ortho intramolecular Hbond substituents is 3. The van der Waals surface area contributed by atoms with E-state index < -0.39 is 24.3 Å². The number of ketones is 2. The van der Waals surface area contributed by atoms with Crippen LogP contribution in [0.3, 0.4) is 0 Å². The number of rotatable bonds is 19. The Balaban J connectivity index is 1.64. The van der Waals surface area contributed by atoms with Crippen LogP contribution in [-0.2, 0) is 19.1 Å². The number of carbonyl (C=O) groups is 3. The summed E-state index contributed by atoms with van der Waals surface area (Å²) < 4.78 is 22.4. The molecule has 0 spiro atoms. The number of esters is 1. The van der Waals surface area contributed by atoms with Crippen LogP contribution in [0.2, 0.25) is 0 Å². The number of carbonyl (C=O) groups excluding carboxylic acids is 3. The van der Waals surface area contributed by atoms with E-state index >= 15 is 0 Å². The van der Waals surface area contributed by atoms with Crippen molar-refractivity contribution in [1.29, 1.82) is 0 Å². The minimum atomic E-state index is -0.933. The van der Waals surface area contributed by atoms with Crippen molar-refractivity contribution in [3.8, 4) is 68.7 Å². The molecule has 0 bridgehead atoms. The number of nitrogens with zero attached hydrogens (tertiary/aromatic N) is 3. The van der Waals surface area contributed by atoms with E-state index in [0.29, 0.717) is 6.61 Å². The molecule has 3 aromatic carbocycles. The summed E-state index contributed by atoms with van der Waals surface area (Å²) in [5, 5.41) is 33.2. The summed E-state index contributed by atoms with van der Waals surface area (Å²) in [5.41, 5.74) is 0.491. The lowest BCUT2D eigenvalue weighted by atomic mass is 10.1. The highest BCUT2D eigenvalue weighted by Gasteiger charge is 2.22. The number of Topliss-reactive ketones (excluding diaryl/α,β-unsaturated/α-hetero) is 2. The van der Waals surface area contributed by atoms with Crippen LogP contribution in [0.4, 0.5) is 0 Å². The van der Waals surface area contributed by atoms with Crippen molar-refractivity contribution in [3.05, 3.63) is 54.6 Å². The zero-order chi connectivity index (χ0) is 38.7. The Labute approximate surface area is 309 Å². The number of ether oxygens (including phenoxy) is 4. The number of hydrogen-bond acceptors (Lipinski definition) is 13. The lowest BCUT2D eigenvalue weighted by Crippen LogP contribution is -2.26. The normalized spacial score (nSPS) is 12.7. The highest BCUT2D eigenvalue weighted by molar-refractivity contribution is 5.81. The zero-order valence-electron chi connectivity index (χ0n) is 30.9. The van der Waals surface area contributed by atoms with Crippen molar-refractivity contribution in [2.24, 2.45) is 0 Å². The number of aromatic nitrogens is 3. The maximum Gasteiger partial charge on any atom is 0.347 e. The van der Waals surface area contributed by atoms with Crippen molar-refractivity contribution in [1.82, 2.24) is 15.0 Å². The van der Waals surface area contributed by atoms with E-state index in [9.17, 15) is 29.7 Å². The molecule has 3 atom stereocenters. The molecule has 0 radical (unpaired) electrons. The predicted molar refractivity (Wildman–Crippen MR) is 197 cm³/mol. The van der Waals surface area contributed by atoms with Gasteiger partial charge < -0.3 is 34.3 Å². The number of hydrogen-bond donors (Lipinski definition) is 3. The van der Waals surface area contributed by atoms with Crippen LogP contribution in [0.1, 0.15) is 80.1 Å².